The Bertz CT molecular complexity index is 390. The maximum atomic E-state index is 11.2. The second kappa shape index (κ2) is 3.00. The number of halogens is 3. The smallest absolute Gasteiger partial charge is 0.341 e. The monoisotopic (exact) mass is 328 g/mol. The maximum absolute atomic E-state index is 11.2. The molecule has 1 aromatic rings. The van der Waals surface area contributed by atoms with Crippen molar-refractivity contribution in [1.29, 1.82) is 0 Å². The normalized spacial score (nSPS) is 18.2. The quantitative estimate of drug-likeness (QED) is 0.416. The SMILES string of the molecule is O=C1OC(Cl)(Cl)c2c(I)cccc21. The minimum absolute atomic E-state index is 0.442. The van der Waals surface area contributed by atoms with E-state index in [4.69, 9.17) is 27.9 Å². The number of benzene rings is 1. The number of ether oxygens (including phenoxy) is 1. The molecule has 0 amide bonds. The van der Waals surface area contributed by atoms with Crippen molar-refractivity contribution in [1.82, 2.24) is 0 Å². The third-order valence-electron chi connectivity index (χ3n) is 1.75. The number of cyclic esters (lactones) is 1. The van der Waals surface area contributed by atoms with Gasteiger partial charge in [0, 0.05) is 3.57 Å². The largest absolute Gasteiger partial charge is 0.421 e. The number of alkyl halides is 2. The third kappa shape index (κ3) is 1.43. The molecule has 0 unspecified atom stereocenters. The first-order valence-electron chi connectivity index (χ1n) is 3.42. The van der Waals surface area contributed by atoms with Crippen LogP contribution in [-0.2, 0) is 9.26 Å². The summed E-state index contributed by atoms with van der Waals surface area (Å²) < 4.78 is 4.09. The summed E-state index contributed by atoms with van der Waals surface area (Å²) in [6, 6.07) is 5.23. The molecule has 68 valence electrons. The van der Waals surface area contributed by atoms with E-state index in [1.54, 1.807) is 12.1 Å². The summed E-state index contributed by atoms with van der Waals surface area (Å²) in [5.74, 6) is -0.474. The molecule has 0 spiro atoms. The Morgan fingerprint density at radius 3 is 2.69 bits per heavy atom. The second-order valence-corrected chi connectivity index (χ2v) is 4.99. The van der Waals surface area contributed by atoms with Crippen LogP contribution in [0.15, 0.2) is 18.2 Å². The van der Waals surface area contributed by atoms with Crippen LogP contribution in [0.1, 0.15) is 15.9 Å². The van der Waals surface area contributed by atoms with Gasteiger partial charge in [0.1, 0.15) is 0 Å². The lowest BCUT2D eigenvalue weighted by atomic mass is 10.1. The van der Waals surface area contributed by atoms with Crippen LogP contribution in [-0.4, -0.2) is 5.97 Å². The van der Waals surface area contributed by atoms with E-state index in [9.17, 15) is 4.79 Å². The van der Waals surface area contributed by atoms with Gasteiger partial charge in [0.25, 0.3) is 4.52 Å². The molecule has 0 saturated heterocycles. The van der Waals surface area contributed by atoms with Gasteiger partial charge in [0.05, 0.1) is 11.1 Å². The van der Waals surface area contributed by atoms with Gasteiger partial charge in [-0.3, -0.25) is 0 Å². The van der Waals surface area contributed by atoms with Crippen LogP contribution in [0.5, 0.6) is 0 Å². The van der Waals surface area contributed by atoms with Crippen molar-refractivity contribution in [3.05, 3.63) is 32.9 Å². The van der Waals surface area contributed by atoms with Crippen LogP contribution in [0.3, 0.4) is 0 Å². The highest BCUT2D eigenvalue weighted by Crippen LogP contribution is 2.45. The summed E-state index contributed by atoms with van der Waals surface area (Å²) in [7, 11) is 0. The highest BCUT2D eigenvalue weighted by atomic mass is 127. The second-order valence-electron chi connectivity index (χ2n) is 2.57. The van der Waals surface area contributed by atoms with Gasteiger partial charge in [-0.25, -0.2) is 4.79 Å². The van der Waals surface area contributed by atoms with Gasteiger partial charge in [0.2, 0.25) is 0 Å². The van der Waals surface area contributed by atoms with Crippen LogP contribution in [0.4, 0.5) is 0 Å². The Morgan fingerprint density at radius 2 is 2.08 bits per heavy atom. The number of hydrogen-bond acceptors (Lipinski definition) is 2. The fourth-order valence-corrected chi connectivity index (χ4v) is 2.96. The zero-order chi connectivity index (χ0) is 9.64. The van der Waals surface area contributed by atoms with E-state index in [1.165, 1.54) is 0 Å². The molecule has 2 rings (SSSR count). The summed E-state index contributed by atoms with van der Waals surface area (Å²) in [4.78, 5) is 11.2. The Balaban J connectivity index is 2.73. The van der Waals surface area contributed by atoms with E-state index in [0.29, 0.717) is 11.1 Å². The number of carbonyl (C=O) groups excluding carboxylic acids is 1. The number of carbonyl (C=O) groups is 1. The van der Waals surface area contributed by atoms with E-state index in [1.807, 2.05) is 6.07 Å². The zero-order valence-corrected chi connectivity index (χ0v) is 9.85. The molecule has 1 aliphatic heterocycles. The number of rotatable bonds is 0. The summed E-state index contributed by atoms with van der Waals surface area (Å²) in [5, 5.41) is 0. The first-order chi connectivity index (χ1) is 6.02. The van der Waals surface area contributed by atoms with Gasteiger partial charge in [-0.15, -0.1) is 0 Å². The van der Waals surface area contributed by atoms with Gasteiger partial charge in [0.15, 0.2) is 0 Å². The first-order valence-corrected chi connectivity index (χ1v) is 5.26. The highest BCUT2D eigenvalue weighted by Gasteiger charge is 2.44. The van der Waals surface area contributed by atoms with E-state index >= 15 is 0 Å². The molecule has 0 atom stereocenters. The lowest BCUT2D eigenvalue weighted by Gasteiger charge is -2.12. The van der Waals surface area contributed by atoms with Crippen LogP contribution >= 0.6 is 45.8 Å². The van der Waals surface area contributed by atoms with Gasteiger partial charge in [-0.2, -0.15) is 0 Å². The van der Waals surface area contributed by atoms with E-state index in [0.717, 1.165) is 3.57 Å². The summed E-state index contributed by atoms with van der Waals surface area (Å²) in [6.45, 7) is 0. The molecule has 0 fully saturated rings. The molecule has 2 nitrogen and oxygen atoms in total. The molecule has 1 aliphatic rings. The fraction of sp³-hybridized carbons (Fsp3) is 0.125. The van der Waals surface area contributed by atoms with E-state index < -0.39 is 10.5 Å². The average Bonchev–Trinajstić information content (AvgIpc) is 2.24. The van der Waals surface area contributed by atoms with Crippen LogP contribution in [0.2, 0.25) is 0 Å². The lowest BCUT2D eigenvalue weighted by Crippen LogP contribution is -2.10. The van der Waals surface area contributed by atoms with Gasteiger partial charge >= 0.3 is 5.97 Å². The molecule has 0 aliphatic carbocycles. The molecule has 0 bridgehead atoms. The number of fused-ring (bicyclic) bond motifs is 1. The minimum Gasteiger partial charge on any atom is -0.421 e. The third-order valence-corrected chi connectivity index (χ3v) is 3.18. The van der Waals surface area contributed by atoms with E-state index in [2.05, 4.69) is 22.6 Å². The molecule has 1 aromatic carbocycles. The van der Waals surface area contributed by atoms with Crippen molar-refractivity contribution >= 4 is 51.8 Å². The molecule has 13 heavy (non-hydrogen) atoms. The Hall–Kier alpha value is -0.000000000000000111. The Kier molecular flexibility index (Phi) is 2.20. The average molecular weight is 329 g/mol. The Labute approximate surface area is 98.3 Å². The molecule has 0 saturated carbocycles. The lowest BCUT2D eigenvalue weighted by molar-refractivity contribution is 0.0447. The summed E-state index contributed by atoms with van der Waals surface area (Å²) in [5.41, 5.74) is 0.987. The molecule has 0 radical (unpaired) electrons. The van der Waals surface area contributed by atoms with Crippen LogP contribution in [0, 0.1) is 3.57 Å². The van der Waals surface area contributed by atoms with Crippen molar-refractivity contribution < 1.29 is 9.53 Å². The van der Waals surface area contributed by atoms with Crippen molar-refractivity contribution in [2.24, 2.45) is 0 Å². The number of hydrogen-bond donors (Lipinski definition) is 0. The molecular formula is C8H3Cl2IO2. The van der Waals surface area contributed by atoms with E-state index in [-0.39, 0.29) is 0 Å². The number of esters is 1. The van der Waals surface area contributed by atoms with Crippen molar-refractivity contribution in [3.63, 3.8) is 0 Å². The van der Waals surface area contributed by atoms with Crippen LogP contribution < -0.4 is 0 Å². The van der Waals surface area contributed by atoms with Crippen molar-refractivity contribution in [2.75, 3.05) is 0 Å². The zero-order valence-electron chi connectivity index (χ0n) is 6.18. The maximum Gasteiger partial charge on any atom is 0.341 e. The predicted octanol–water partition coefficient (Wildman–Crippen LogP) is 3.05. The highest BCUT2D eigenvalue weighted by molar-refractivity contribution is 14.1. The predicted molar refractivity (Wildman–Crippen MR) is 58.0 cm³/mol. The van der Waals surface area contributed by atoms with Gasteiger partial charge in [-0.1, -0.05) is 29.3 Å². The Morgan fingerprint density at radius 1 is 1.38 bits per heavy atom. The minimum atomic E-state index is -1.52. The summed E-state index contributed by atoms with van der Waals surface area (Å²) >= 11 is 13.7. The first kappa shape index (κ1) is 9.55. The molecule has 1 heterocycles. The topological polar surface area (TPSA) is 26.3 Å². The van der Waals surface area contributed by atoms with Crippen LogP contribution in [0.25, 0.3) is 0 Å². The van der Waals surface area contributed by atoms with Gasteiger partial charge < -0.3 is 4.74 Å². The standard InChI is InChI=1S/C8H3Cl2IO2/c9-8(10)6-4(7(12)13-8)2-1-3-5(6)11/h1-3H. The fourth-order valence-electron chi connectivity index (χ4n) is 1.21. The summed E-state index contributed by atoms with van der Waals surface area (Å²) in [6.07, 6.45) is 0. The van der Waals surface area contributed by atoms with Crippen molar-refractivity contribution in [3.8, 4) is 0 Å². The molecule has 0 N–H and O–H groups in total. The van der Waals surface area contributed by atoms with Crippen molar-refractivity contribution in [2.45, 2.75) is 4.52 Å². The van der Waals surface area contributed by atoms with Gasteiger partial charge in [-0.05, 0) is 34.7 Å². The molecular weight excluding hydrogens is 326 g/mol. The molecule has 5 heteroatoms. The molecule has 0 aromatic heterocycles.